The fourth-order valence-corrected chi connectivity index (χ4v) is 1.76. The number of hydrogen-bond donors (Lipinski definition) is 1. The molecular weight excluding hydrogens is 319 g/mol. The molecule has 5 heteroatoms. The topological polar surface area (TPSA) is 55.0 Å². The van der Waals surface area contributed by atoms with E-state index in [0.717, 1.165) is 18.5 Å². The van der Waals surface area contributed by atoms with Gasteiger partial charge in [0.15, 0.2) is 0 Å². The van der Waals surface area contributed by atoms with Crippen LogP contribution in [0.3, 0.4) is 0 Å². The molecule has 1 aromatic heterocycles. The van der Waals surface area contributed by atoms with E-state index in [2.05, 4.69) is 16.9 Å². The van der Waals surface area contributed by atoms with E-state index in [-0.39, 0.29) is 11.7 Å². The van der Waals surface area contributed by atoms with Gasteiger partial charge in [0.2, 0.25) is 0 Å². The first-order chi connectivity index (χ1) is 7.60. The lowest BCUT2D eigenvalue weighted by atomic mass is 10.2. The summed E-state index contributed by atoms with van der Waals surface area (Å²) in [4.78, 5) is 18.8. The molecule has 1 atom stereocenters. The zero-order valence-electron chi connectivity index (χ0n) is 9.84. The number of aromatic nitrogens is 2. The Bertz CT molecular complexity index is 397. The number of rotatable bonds is 5. The third-order valence-corrected chi connectivity index (χ3v) is 3.54. The van der Waals surface area contributed by atoms with E-state index < -0.39 is 0 Å². The van der Waals surface area contributed by atoms with Crippen LogP contribution in [0.4, 0.5) is 0 Å². The second kappa shape index (κ2) is 6.34. The molecule has 1 N–H and O–H groups in total. The molecule has 0 saturated heterocycles. The summed E-state index contributed by atoms with van der Waals surface area (Å²) < 4.78 is 6.23. The van der Waals surface area contributed by atoms with Gasteiger partial charge in [-0.1, -0.05) is 13.3 Å². The molecule has 0 aromatic carbocycles. The normalized spacial score (nSPS) is 12.8. The van der Waals surface area contributed by atoms with Gasteiger partial charge in [-0.25, -0.2) is 4.98 Å². The van der Waals surface area contributed by atoms with Crippen LogP contribution in [0.1, 0.15) is 44.3 Å². The first-order valence-corrected chi connectivity index (χ1v) is 6.55. The highest BCUT2D eigenvalue weighted by atomic mass is 127. The highest BCUT2D eigenvalue weighted by molar-refractivity contribution is 14.1. The highest BCUT2D eigenvalue weighted by Crippen LogP contribution is 2.19. The predicted molar refractivity (Wildman–Crippen MR) is 71.6 cm³/mol. The van der Waals surface area contributed by atoms with Crippen molar-refractivity contribution in [2.45, 2.75) is 39.7 Å². The van der Waals surface area contributed by atoms with Crippen LogP contribution in [0.2, 0.25) is 0 Å². The van der Waals surface area contributed by atoms with Crippen molar-refractivity contribution in [1.82, 2.24) is 9.97 Å². The van der Waals surface area contributed by atoms with Crippen molar-refractivity contribution in [3.05, 3.63) is 25.4 Å². The number of hydrogen-bond acceptors (Lipinski definition) is 3. The first-order valence-electron chi connectivity index (χ1n) is 5.48. The maximum atomic E-state index is 11.6. The molecule has 0 aliphatic rings. The monoisotopic (exact) mass is 336 g/mol. The number of H-pyrrole nitrogens is 1. The molecule has 0 spiro atoms. The van der Waals surface area contributed by atoms with Gasteiger partial charge in [0.1, 0.15) is 11.9 Å². The van der Waals surface area contributed by atoms with E-state index in [1.165, 1.54) is 0 Å². The number of aryl methyl sites for hydroxylation is 1. The average molecular weight is 336 g/mol. The van der Waals surface area contributed by atoms with Crippen LogP contribution in [0.5, 0.6) is 0 Å². The van der Waals surface area contributed by atoms with Crippen LogP contribution in [-0.4, -0.2) is 16.6 Å². The largest absolute Gasteiger partial charge is 0.371 e. The standard InChI is InChI=1S/C11H17IN2O2/c1-4-6-8(16-5-2)10-13-7(3)9(12)11(15)14-10/h8H,4-6H2,1-3H3,(H,13,14,15). The summed E-state index contributed by atoms with van der Waals surface area (Å²) in [6, 6.07) is 0. The fraction of sp³-hybridized carbons (Fsp3) is 0.636. The Morgan fingerprint density at radius 1 is 1.50 bits per heavy atom. The summed E-state index contributed by atoms with van der Waals surface area (Å²) in [5.74, 6) is 0.645. The lowest BCUT2D eigenvalue weighted by Crippen LogP contribution is -2.20. The lowest BCUT2D eigenvalue weighted by molar-refractivity contribution is 0.0490. The Labute approximate surface area is 109 Å². The van der Waals surface area contributed by atoms with Gasteiger partial charge in [-0.2, -0.15) is 0 Å². The van der Waals surface area contributed by atoms with E-state index in [0.29, 0.717) is 16.0 Å². The molecule has 90 valence electrons. The Kier molecular flexibility index (Phi) is 5.40. The van der Waals surface area contributed by atoms with Gasteiger partial charge < -0.3 is 9.72 Å². The fourth-order valence-electron chi connectivity index (χ4n) is 1.51. The van der Waals surface area contributed by atoms with Gasteiger partial charge in [-0.15, -0.1) is 0 Å². The van der Waals surface area contributed by atoms with Crippen LogP contribution in [0, 0.1) is 10.5 Å². The Balaban J connectivity index is 3.05. The number of halogens is 1. The van der Waals surface area contributed by atoms with Crippen molar-refractivity contribution in [2.75, 3.05) is 6.61 Å². The zero-order valence-corrected chi connectivity index (χ0v) is 12.0. The predicted octanol–water partition coefficient (Wildman–Crippen LogP) is 2.56. The molecule has 0 radical (unpaired) electrons. The molecule has 1 heterocycles. The van der Waals surface area contributed by atoms with E-state index in [1.54, 1.807) is 0 Å². The van der Waals surface area contributed by atoms with Gasteiger partial charge in [-0.05, 0) is 42.9 Å². The van der Waals surface area contributed by atoms with Crippen molar-refractivity contribution in [3.63, 3.8) is 0 Å². The minimum Gasteiger partial charge on any atom is -0.371 e. The molecule has 0 aliphatic carbocycles. The number of nitrogens with one attached hydrogen (secondary N) is 1. The van der Waals surface area contributed by atoms with Crippen LogP contribution in [-0.2, 0) is 4.74 Å². The number of nitrogens with zero attached hydrogens (tertiary/aromatic N) is 1. The summed E-state index contributed by atoms with van der Waals surface area (Å²) in [7, 11) is 0. The van der Waals surface area contributed by atoms with Crippen LogP contribution >= 0.6 is 22.6 Å². The van der Waals surface area contributed by atoms with E-state index in [4.69, 9.17) is 4.74 Å². The van der Waals surface area contributed by atoms with Crippen molar-refractivity contribution in [2.24, 2.45) is 0 Å². The molecule has 1 rings (SSSR count). The summed E-state index contributed by atoms with van der Waals surface area (Å²) in [5, 5.41) is 0. The molecule has 0 aliphatic heterocycles. The first kappa shape index (κ1) is 13.6. The van der Waals surface area contributed by atoms with Gasteiger partial charge in [0, 0.05) is 6.61 Å². The second-order valence-corrected chi connectivity index (χ2v) is 4.66. The number of aromatic amines is 1. The minimum atomic E-state index is -0.0987. The van der Waals surface area contributed by atoms with Crippen LogP contribution < -0.4 is 5.56 Å². The van der Waals surface area contributed by atoms with E-state index in [1.807, 2.05) is 36.4 Å². The molecule has 0 fully saturated rings. The third kappa shape index (κ3) is 3.28. The third-order valence-electron chi connectivity index (χ3n) is 2.27. The van der Waals surface area contributed by atoms with E-state index in [9.17, 15) is 4.79 Å². The molecule has 1 unspecified atom stereocenters. The van der Waals surface area contributed by atoms with Crippen LogP contribution in [0.25, 0.3) is 0 Å². The summed E-state index contributed by atoms with van der Waals surface area (Å²) >= 11 is 2.00. The highest BCUT2D eigenvalue weighted by Gasteiger charge is 2.15. The van der Waals surface area contributed by atoms with Gasteiger partial charge in [0.05, 0.1) is 9.26 Å². The Morgan fingerprint density at radius 3 is 2.69 bits per heavy atom. The van der Waals surface area contributed by atoms with Crippen LogP contribution in [0.15, 0.2) is 4.79 Å². The average Bonchev–Trinajstić information content (AvgIpc) is 2.25. The van der Waals surface area contributed by atoms with Gasteiger partial charge in [0.25, 0.3) is 5.56 Å². The minimum absolute atomic E-state index is 0.0797. The molecule has 0 amide bonds. The summed E-state index contributed by atoms with van der Waals surface area (Å²) in [6.07, 6.45) is 1.77. The molecule has 0 bridgehead atoms. The van der Waals surface area contributed by atoms with Crippen molar-refractivity contribution in [3.8, 4) is 0 Å². The van der Waals surface area contributed by atoms with Gasteiger partial charge in [-0.3, -0.25) is 4.79 Å². The molecule has 4 nitrogen and oxygen atoms in total. The zero-order chi connectivity index (χ0) is 12.1. The van der Waals surface area contributed by atoms with Crippen molar-refractivity contribution >= 4 is 22.6 Å². The SMILES string of the molecule is CCCC(OCC)c1nc(C)c(I)c(=O)[nH]1. The lowest BCUT2D eigenvalue weighted by Gasteiger charge is -2.15. The van der Waals surface area contributed by atoms with Gasteiger partial charge >= 0.3 is 0 Å². The number of ether oxygens (including phenoxy) is 1. The Morgan fingerprint density at radius 2 is 2.19 bits per heavy atom. The van der Waals surface area contributed by atoms with E-state index >= 15 is 0 Å². The van der Waals surface area contributed by atoms with Crippen molar-refractivity contribution < 1.29 is 4.74 Å². The van der Waals surface area contributed by atoms with Crippen molar-refractivity contribution in [1.29, 1.82) is 0 Å². The maximum absolute atomic E-state index is 11.6. The summed E-state index contributed by atoms with van der Waals surface area (Å²) in [6.45, 7) is 6.50. The smallest absolute Gasteiger partial charge is 0.264 e. The maximum Gasteiger partial charge on any atom is 0.264 e. The molecule has 1 aromatic rings. The molecule has 0 saturated carbocycles. The Hall–Kier alpha value is -0.430. The second-order valence-electron chi connectivity index (χ2n) is 3.58. The quantitative estimate of drug-likeness (QED) is 0.841. The molecule has 16 heavy (non-hydrogen) atoms. The molecular formula is C11H17IN2O2. The summed E-state index contributed by atoms with van der Waals surface area (Å²) in [5.41, 5.74) is 0.684.